The van der Waals surface area contributed by atoms with Crippen LogP contribution in [-0.2, 0) is 9.53 Å². The number of carbonyl (C=O) groups is 1. The predicted molar refractivity (Wildman–Crippen MR) is 117 cm³/mol. The van der Waals surface area contributed by atoms with E-state index in [-0.39, 0.29) is 23.2 Å². The number of hydrogen-bond donors (Lipinski definition) is 0. The van der Waals surface area contributed by atoms with Crippen molar-refractivity contribution < 1.29 is 14.3 Å². The van der Waals surface area contributed by atoms with Crippen LogP contribution in [0.2, 0.25) is 5.02 Å². The zero-order chi connectivity index (χ0) is 21.1. The van der Waals surface area contributed by atoms with Crippen LogP contribution in [0.15, 0.2) is 42.6 Å². The second-order valence-electron chi connectivity index (χ2n) is 8.83. The number of ether oxygens (including phenoxy) is 2. The number of halogens is 1. The lowest BCUT2D eigenvalue weighted by Gasteiger charge is -2.30. The van der Waals surface area contributed by atoms with Crippen LogP contribution in [0.5, 0.6) is 5.88 Å². The molecule has 0 bridgehead atoms. The molecular formula is C24H29ClN2O3. The van der Waals surface area contributed by atoms with Crippen LogP contribution in [0, 0.1) is 18.3 Å². The third-order valence-electron chi connectivity index (χ3n) is 6.38. The van der Waals surface area contributed by atoms with Crippen LogP contribution in [0.25, 0.3) is 0 Å². The first kappa shape index (κ1) is 21.1. The molecule has 0 N–H and O–H groups in total. The van der Waals surface area contributed by atoms with E-state index in [0.29, 0.717) is 43.8 Å². The van der Waals surface area contributed by atoms with Gasteiger partial charge in [0, 0.05) is 60.8 Å². The van der Waals surface area contributed by atoms with Crippen LogP contribution in [0.3, 0.4) is 0 Å². The lowest BCUT2D eigenvalue weighted by atomic mass is 9.77. The third kappa shape index (κ3) is 4.62. The summed E-state index contributed by atoms with van der Waals surface area (Å²) in [5.41, 5.74) is 2.06. The van der Waals surface area contributed by atoms with Gasteiger partial charge in [0.15, 0.2) is 0 Å². The van der Waals surface area contributed by atoms with Crippen molar-refractivity contribution in [2.45, 2.75) is 32.6 Å². The van der Waals surface area contributed by atoms with E-state index in [0.717, 1.165) is 18.4 Å². The summed E-state index contributed by atoms with van der Waals surface area (Å²) in [5.74, 6) is 1.09. The number of rotatable bonds is 5. The van der Waals surface area contributed by atoms with E-state index in [1.54, 1.807) is 0 Å². The van der Waals surface area contributed by atoms with Crippen molar-refractivity contribution in [2.24, 2.45) is 11.3 Å². The van der Waals surface area contributed by atoms with Crippen molar-refractivity contribution in [1.82, 2.24) is 9.88 Å². The molecule has 0 aliphatic carbocycles. The molecule has 0 radical (unpaired) electrons. The first-order valence-electron chi connectivity index (χ1n) is 10.6. The van der Waals surface area contributed by atoms with E-state index in [1.807, 2.05) is 42.3 Å². The Morgan fingerprint density at radius 1 is 1.23 bits per heavy atom. The van der Waals surface area contributed by atoms with Gasteiger partial charge in [0.2, 0.25) is 11.8 Å². The van der Waals surface area contributed by atoms with Crippen LogP contribution in [0.4, 0.5) is 0 Å². The zero-order valence-electron chi connectivity index (χ0n) is 17.6. The van der Waals surface area contributed by atoms with Gasteiger partial charge in [-0.05, 0) is 43.0 Å². The molecule has 1 aromatic carbocycles. The molecule has 6 heteroatoms. The van der Waals surface area contributed by atoms with Crippen LogP contribution >= 0.6 is 11.6 Å². The van der Waals surface area contributed by atoms with E-state index in [2.05, 4.69) is 24.0 Å². The molecule has 3 heterocycles. The van der Waals surface area contributed by atoms with Gasteiger partial charge >= 0.3 is 0 Å². The average molecular weight is 429 g/mol. The molecule has 2 saturated heterocycles. The van der Waals surface area contributed by atoms with Crippen LogP contribution in [-0.4, -0.2) is 48.7 Å². The Morgan fingerprint density at radius 2 is 1.97 bits per heavy atom. The SMILES string of the molecule is Cc1ccc(OC[C@@]2(C)CN(C(=O)C3CCOCC3)C[C@@H]2c2ccc(Cl)cc2)nc1. The van der Waals surface area contributed by atoms with Gasteiger partial charge in [-0.25, -0.2) is 4.98 Å². The maximum atomic E-state index is 13.2. The van der Waals surface area contributed by atoms with Crippen LogP contribution in [0.1, 0.15) is 36.8 Å². The Labute approximate surface area is 183 Å². The highest BCUT2D eigenvalue weighted by molar-refractivity contribution is 6.30. The Hall–Kier alpha value is -2.11. The minimum absolute atomic E-state index is 0.0617. The smallest absolute Gasteiger partial charge is 0.225 e. The minimum Gasteiger partial charge on any atom is -0.477 e. The summed E-state index contributed by atoms with van der Waals surface area (Å²) in [6.07, 6.45) is 3.42. The first-order valence-corrected chi connectivity index (χ1v) is 11.0. The number of likely N-dealkylation sites (tertiary alicyclic amines) is 1. The number of hydrogen-bond acceptors (Lipinski definition) is 4. The fourth-order valence-electron chi connectivity index (χ4n) is 4.55. The number of carbonyl (C=O) groups excluding carboxylic acids is 1. The van der Waals surface area contributed by atoms with Crippen molar-refractivity contribution in [3.63, 3.8) is 0 Å². The molecule has 1 amide bonds. The Kier molecular flexibility index (Phi) is 6.30. The van der Waals surface area contributed by atoms with Crippen molar-refractivity contribution >= 4 is 17.5 Å². The fourth-order valence-corrected chi connectivity index (χ4v) is 4.68. The molecule has 0 spiro atoms. The summed E-state index contributed by atoms with van der Waals surface area (Å²) >= 11 is 6.11. The monoisotopic (exact) mass is 428 g/mol. The quantitative estimate of drug-likeness (QED) is 0.704. The highest BCUT2D eigenvalue weighted by Crippen LogP contribution is 2.44. The molecule has 30 heavy (non-hydrogen) atoms. The third-order valence-corrected chi connectivity index (χ3v) is 6.64. The number of nitrogens with zero attached hydrogens (tertiary/aromatic N) is 2. The van der Waals surface area contributed by atoms with E-state index >= 15 is 0 Å². The van der Waals surface area contributed by atoms with Gasteiger partial charge in [-0.2, -0.15) is 0 Å². The highest BCUT2D eigenvalue weighted by Gasteiger charge is 2.47. The molecule has 160 valence electrons. The molecule has 2 fully saturated rings. The van der Waals surface area contributed by atoms with E-state index in [1.165, 1.54) is 5.56 Å². The summed E-state index contributed by atoms with van der Waals surface area (Å²) in [6.45, 7) is 7.41. The van der Waals surface area contributed by atoms with Crippen molar-refractivity contribution in [1.29, 1.82) is 0 Å². The Balaban J connectivity index is 1.54. The van der Waals surface area contributed by atoms with Gasteiger partial charge in [-0.1, -0.05) is 36.7 Å². The van der Waals surface area contributed by atoms with Gasteiger partial charge in [-0.3, -0.25) is 4.79 Å². The molecule has 1 aromatic heterocycles. The maximum Gasteiger partial charge on any atom is 0.225 e. The van der Waals surface area contributed by atoms with Crippen LogP contribution < -0.4 is 4.74 Å². The van der Waals surface area contributed by atoms with E-state index < -0.39 is 0 Å². The van der Waals surface area contributed by atoms with Gasteiger partial charge in [0.1, 0.15) is 0 Å². The lowest BCUT2D eigenvalue weighted by molar-refractivity contribution is -0.137. The molecular weight excluding hydrogens is 400 g/mol. The number of aromatic nitrogens is 1. The second-order valence-corrected chi connectivity index (χ2v) is 9.26. The molecule has 2 aliphatic heterocycles. The van der Waals surface area contributed by atoms with Crippen molar-refractivity contribution in [2.75, 3.05) is 32.9 Å². The van der Waals surface area contributed by atoms with E-state index in [9.17, 15) is 4.79 Å². The number of aryl methyl sites for hydroxylation is 1. The molecule has 2 atom stereocenters. The Morgan fingerprint density at radius 3 is 2.63 bits per heavy atom. The second kappa shape index (κ2) is 8.94. The molecule has 0 saturated carbocycles. The molecule has 2 aromatic rings. The molecule has 0 unspecified atom stereocenters. The number of amides is 1. The fraction of sp³-hybridized carbons (Fsp3) is 0.500. The van der Waals surface area contributed by atoms with Gasteiger partial charge < -0.3 is 14.4 Å². The maximum absolute atomic E-state index is 13.2. The first-order chi connectivity index (χ1) is 14.4. The average Bonchev–Trinajstić information content (AvgIpc) is 3.12. The lowest BCUT2D eigenvalue weighted by Crippen LogP contribution is -2.39. The normalized spacial score (nSPS) is 24.8. The number of pyridine rings is 1. The number of benzene rings is 1. The van der Waals surface area contributed by atoms with Gasteiger partial charge in [0.25, 0.3) is 0 Å². The molecule has 5 nitrogen and oxygen atoms in total. The zero-order valence-corrected chi connectivity index (χ0v) is 18.4. The van der Waals surface area contributed by atoms with Gasteiger partial charge in [-0.15, -0.1) is 0 Å². The predicted octanol–water partition coefficient (Wildman–Crippen LogP) is 4.48. The molecule has 2 aliphatic rings. The van der Waals surface area contributed by atoms with E-state index in [4.69, 9.17) is 21.1 Å². The minimum atomic E-state index is -0.221. The molecule has 4 rings (SSSR count). The summed E-state index contributed by atoms with van der Waals surface area (Å²) < 4.78 is 11.5. The van der Waals surface area contributed by atoms with Gasteiger partial charge in [0.05, 0.1) is 6.61 Å². The summed E-state index contributed by atoms with van der Waals surface area (Å²) in [7, 11) is 0. The van der Waals surface area contributed by atoms with Crippen molar-refractivity contribution in [3.05, 3.63) is 58.7 Å². The largest absolute Gasteiger partial charge is 0.477 e. The summed E-state index contributed by atoms with van der Waals surface area (Å²) in [6, 6.07) is 11.9. The topological polar surface area (TPSA) is 51.7 Å². The highest BCUT2D eigenvalue weighted by atomic mass is 35.5. The summed E-state index contributed by atoms with van der Waals surface area (Å²) in [5, 5.41) is 0.716. The standard InChI is InChI=1S/C24H29ClN2O3/c1-17-3-8-22(26-13-17)30-16-24(2)15-27(23(28)19-9-11-29-12-10-19)14-21(24)18-4-6-20(25)7-5-18/h3-8,13,19,21H,9-12,14-16H2,1-2H3/t21-,24-/m1/s1. The Bertz CT molecular complexity index is 865. The van der Waals surface area contributed by atoms with Crippen molar-refractivity contribution in [3.8, 4) is 5.88 Å². The summed E-state index contributed by atoms with van der Waals surface area (Å²) in [4.78, 5) is 19.6.